The molecule has 0 heterocycles. The minimum Gasteiger partial charge on any atom is -0.466 e. The van der Waals surface area contributed by atoms with Gasteiger partial charge in [0.05, 0.1) is 38.6 Å². The van der Waals surface area contributed by atoms with E-state index in [1.54, 1.807) is 55.5 Å². The number of carbonyl (C=O) groups is 2. The molecule has 0 saturated heterocycles. The number of nitrogens with one attached hydrogen (secondary N) is 6. The molecule has 0 aromatic carbocycles. The van der Waals surface area contributed by atoms with Gasteiger partial charge in [-0.3, -0.25) is 9.59 Å². The monoisotopic (exact) mass is 623 g/mol. The van der Waals surface area contributed by atoms with Crippen LogP contribution in [0, 0.1) is 0 Å². The Morgan fingerprint density at radius 2 is 1.37 bits per heavy atom. The molecule has 0 saturated carbocycles. The van der Waals surface area contributed by atoms with Crippen molar-refractivity contribution in [3.05, 3.63) is 0 Å². The smallest absolute Gasteiger partial charge is 0.307 e. The van der Waals surface area contributed by atoms with Crippen LogP contribution in [0.3, 0.4) is 0 Å². The number of ether oxygens (including phenoxy) is 3. The summed E-state index contributed by atoms with van der Waals surface area (Å²) in [7, 11) is 14.3. The van der Waals surface area contributed by atoms with Crippen LogP contribution in [-0.4, -0.2) is 154 Å². The van der Waals surface area contributed by atoms with Gasteiger partial charge in [-0.25, -0.2) is 13.1 Å². The molecule has 0 rings (SSSR count). The molecule has 16 heteroatoms. The molecular weight excluding hydrogens is 558 g/mol. The van der Waals surface area contributed by atoms with Gasteiger partial charge in [-0.2, -0.15) is 0 Å². The summed E-state index contributed by atoms with van der Waals surface area (Å²) in [6, 6.07) is 0. The van der Waals surface area contributed by atoms with Crippen LogP contribution in [-0.2, 0) is 33.8 Å². The lowest BCUT2D eigenvalue weighted by Gasteiger charge is -2.06. The zero-order valence-electron chi connectivity index (χ0n) is 28.3. The second-order valence-electron chi connectivity index (χ2n) is 7.22. The van der Waals surface area contributed by atoms with Crippen LogP contribution in [0.25, 0.3) is 0 Å². The van der Waals surface area contributed by atoms with Gasteiger partial charge in [-0.1, -0.05) is 0 Å². The Labute approximate surface area is 251 Å². The fourth-order valence-corrected chi connectivity index (χ4v) is 1.15. The van der Waals surface area contributed by atoms with Crippen LogP contribution in [0.15, 0.2) is 4.99 Å². The SMILES string of the molecule is CC=NC.CCOC(=O)CCNC.CNC.CNC(C)=O.CNCC(O)COC.CNCCOC.CNS(C)(=O)=O. The Balaban J connectivity index is -0.0000000675. The summed E-state index contributed by atoms with van der Waals surface area (Å²) in [6.07, 6.45) is 2.95. The Morgan fingerprint density at radius 1 is 0.951 bits per heavy atom. The molecule has 0 bridgehead atoms. The van der Waals surface area contributed by atoms with E-state index in [2.05, 4.69) is 45.8 Å². The largest absolute Gasteiger partial charge is 0.466 e. The minimum atomic E-state index is -2.91. The Bertz CT molecular complexity index is 586. The maximum atomic E-state index is 10.5. The Morgan fingerprint density at radius 3 is 1.56 bits per heavy atom. The van der Waals surface area contributed by atoms with E-state index in [0.29, 0.717) is 32.7 Å². The highest BCUT2D eigenvalue weighted by molar-refractivity contribution is 7.88. The highest BCUT2D eigenvalue weighted by Gasteiger charge is 1.98. The van der Waals surface area contributed by atoms with Gasteiger partial charge < -0.3 is 50.9 Å². The van der Waals surface area contributed by atoms with Crippen molar-refractivity contribution >= 4 is 28.1 Å². The summed E-state index contributed by atoms with van der Waals surface area (Å²) in [5, 5.41) is 22.6. The number of esters is 1. The number of hydrogen-bond acceptors (Lipinski definition) is 13. The summed E-state index contributed by atoms with van der Waals surface area (Å²) in [6.45, 7) is 9.07. The number of nitrogens with zero attached hydrogens (tertiary/aromatic N) is 1. The first-order valence-electron chi connectivity index (χ1n) is 13.0. The highest BCUT2D eigenvalue weighted by atomic mass is 32.2. The molecule has 254 valence electrons. The van der Waals surface area contributed by atoms with Gasteiger partial charge >= 0.3 is 5.97 Å². The van der Waals surface area contributed by atoms with E-state index in [0.717, 1.165) is 19.4 Å². The number of sulfonamides is 1. The average Bonchev–Trinajstić information content (AvgIpc) is 2.92. The van der Waals surface area contributed by atoms with Gasteiger partial charge in [-0.15, -0.1) is 0 Å². The lowest BCUT2D eigenvalue weighted by atomic mass is 10.4. The third-order valence-corrected chi connectivity index (χ3v) is 3.96. The van der Waals surface area contributed by atoms with Crippen LogP contribution in [0.5, 0.6) is 0 Å². The predicted octanol–water partition coefficient (Wildman–Crippen LogP) is -1.32. The van der Waals surface area contributed by atoms with Crippen molar-refractivity contribution in [2.75, 3.05) is 116 Å². The summed E-state index contributed by atoms with van der Waals surface area (Å²) >= 11 is 0. The second-order valence-corrected chi connectivity index (χ2v) is 9.17. The fraction of sp³-hybridized carbons (Fsp3) is 0.880. The van der Waals surface area contributed by atoms with E-state index in [1.807, 2.05) is 28.1 Å². The van der Waals surface area contributed by atoms with Gasteiger partial charge in [0.2, 0.25) is 15.9 Å². The van der Waals surface area contributed by atoms with Crippen LogP contribution >= 0.6 is 0 Å². The third-order valence-electron chi connectivity index (χ3n) is 3.22. The summed E-state index contributed by atoms with van der Waals surface area (Å²) in [5.74, 6) is -0.128. The predicted molar refractivity (Wildman–Crippen MR) is 172 cm³/mol. The number of methoxy groups -OCH3 is 2. The molecule has 41 heavy (non-hydrogen) atoms. The van der Waals surface area contributed by atoms with Gasteiger partial charge in [0.15, 0.2) is 0 Å². The van der Waals surface area contributed by atoms with Crippen LogP contribution in [0.1, 0.15) is 27.2 Å². The lowest BCUT2D eigenvalue weighted by Crippen LogP contribution is -2.27. The number of carbonyl (C=O) groups excluding carboxylic acids is 2. The Kier molecular flexibility index (Phi) is 73.2. The topological polar surface area (TPSA) is 201 Å². The van der Waals surface area contributed by atoms with E-state index < -0.39 is 10.0 Å². The van der Waals surface area contributed by atoms with Crippen LogP contribution < -0.4 is 31.3 Å². The van der Waals surface area contributed by atoms with E-state index in [-0.39, 0.29) is 18.0 Å². The molecule has 0 aromatic rings. The second kappa shape index (κ2) is 54.3. The van der Waals surface area contributed by atoms with Gasteiger partial charge in [0.1, 0.15) is 0 Å². The molecule has 1 unspecified atom stereocenters. The maximum Gasteiger partial charge on any atom is 0.307 e. The molecule has 1 amide bonds. The molecule has 0 aliphatic heterocycles. The van der Waals surface area contributed by atoms with Crippen LogP contribution in [0.4, 0.5) is 0 Å². The lowest BCUT2D eigenvalue weighted by molar-refractivity contribution is -0.142. The number of amides is 1. The van der Waals surface area contributed by atoms with Gasteiger partial charge in [-0.05, 0) is 62.3 Å². The number of rotatable bonds is 12. The molecule has 0 aromatic heterocycles. The minimum absolute atomic E-state index is 0.00463. The summed E-state index contributed by atoms with van der Waals surface area (Å²) in [5.41, 5.74) is 0. The highest BCUT2D eigenvalue weighted by Crippen LogP contribution is 1.82. The first-order chi connectivity index (χ1) is 19.2. The van der Waals surface area contributed by atoms with Crippen molar-refractivity contribution in [1.82, 2.24) is 31.3 Å². The zero-order valence-corrected chi connectivity index (χ0v) is 29.1. The number of hydrogen-bond donors (Lipinski definition) is 7. The molecule has 0 aliphatic carbocycles. The standard InChI is InChI=1S/C6H13NO2.C5H13NO2.C4H11NO.C3H7NO.C3H7N.C2H7NO2S.C2H7N/c1-3-9-6(8)4-5-7-2;1-6-3-5(7)4-8-2;1-5-3-4-6-2;1-3(5)4-2;1-3-4-2;1-3-6(2,4)5;1-3-2/h7H,3-5H2,1-2H3;5-7H,3-4H2,1-2H3;5H,3-4H2,1-2H3;1-2H3,(H,4,5);3H,1-2H3;3H,1-2H3;3H,1-2H3. The zero-order chi connectivity index (χ0) is 34.0. The first kappa shape index (κ1) is 55.2. The molecular formula is C25H65N7O8S. The van der Waals surface area contributed by atoms with E-state index in [1.165, 1.54) is 14.0 Å². The molecule has 15 nitrogen and oxygen atoms in total. The quantitative estimate of drug-likeness (QED) is 0.0770. The third kappa shape index (κ3) is 123. The van der Waals surface area contributed by atoms with Crippen molar-refractivity contribution in [3.63, 3.8) is 0 Å². The molecule has 0 spiro atoms. The number of aliphatic imine (C=N–C) groups is 1. The molecule has 1 atom stereocenters. The molecule has 0 aliphatic rings. The normalized spacial score (nSPS) is 9.93. The van der Waals surface area contributed by atoms with Crippen molar-refractivity contribution in [1.29, 1.82) is 0 Å². The van der Waals surface area contributed by atoms with E-state index in [4.69, 9.17) is 9.84 Å². The van der Waals surface area contributed by atoms with Crippen molar-refractivity contribution in [2.24, 2.45) is 4.99 Å². The number of aliphatic hydroxyl groups is 1. The van der Waals surface area contributed by atoms with E-state index in [9.17, 15) is 18.0 Å². The van der Waals surface area contributed by atoms with Crippen LogP contribution in [0.2, 0.25) is 0 Å². The van der Waals surface area contributed by atoms with Crippen molar-refractivity contribution in [2.45, 2.75) is 33.3 Å². The maximum absolute atomic E-state index is 10.5. The Hall–Kier alpha value is -1.76. The summed E-state index contributed by atoms with van der Waals surface area (Å²) < 4.78 is 35.9. The van der Waals surface area contributed by atoms with Gasteiger partial charge in [0, 0.05) is 54.9 Å². The average molecular weight is 624 g/mol. The first-order valence-corrected chi connectivity index (χ1v) is 14.9. The van der Waals surface area contributed by atoms with Crippen molar-refractivity contribution < 1.29 is 37.3 Å². The van der Waals surface area contributed by atoms with Crippen molar-refractivity contribution in [3.8, 4) is 0 Å². The fourth-order valence-electron chi connectivity index (χ4n) is 1.15. The van der Waals surface area contributed by atoms with Gasteiger partial charge in [0.25, 0.3) is 0 Å². The number of aliphatic hydroxyl groups excluding tert-OH is 1. The molecule has 0 radical (unpaired) electrons. The molecule has 7 N–H and O–H groups in total. The molecule has 0 fully saturated rings. The number of likely N-dealkylation sites (N-methyl/N-ethyl adjacent to an activating group) is 2. The summed E-state index contributed by atoms with van der Waals surface area (Å²) in [4.78, 5) is 23.9. The van der Waals surface area contributed by atoms with E-state index >= 15 is 0 Å².